The summed E-state index contributed by atoms with van der Waals surface area (Å²) in [6, 6.07) is 14.9. The zero-order chi connectivity index (χ0) is 18.4. The van der Waals surface area contributed by atoms with Gasteiger partial charge in [-0.1, -0.05) is 36.4 Å². The molecule has 5 rings (SSSR count). The van der Waals surface area contributed by atoms with Crippen molar-refractivity contribution in [3.63, 3.8) is 0 Å². The Morgan fingerprint density at radius 3 is 2.74 bits per heavy atom. The molecule has 2 aromatic carbocycles. The SMILES string of the molecule is O=C1N[C@@]2(CCCc3ccccc32)C(=O)N1C[C@@H]1COc2ccccc2O1. The van der Waals surface area contributed by atoms with Crippen molar-refractivity contribution in [2.24, 2.45) is 0 Å². The third kappa shape index (κ3) is 2.47. The quantitative estimate of drug-likeness (QED) is 0.832. The molecule has 2 aromatic rings. The highest BCUT2D eigenvalue weighted by molar-refractivity contribution is 6.07. The Hall–Kier alpha value is -3.02. The van der Waals surface area contributed by atoms with E-state index in [1.54, 1.807) is 0 Å². The standard InChI is InChI=1S/C21H20N2O4/c24-19-21(11-5-7-14-6-1-2-8-16(14)21)22-20(25)23(19)12-15-13-26-17-9-3-4-10-18(17)27-15/h1-4,6,8-10,15H,5,7,11-13H2,(H,22,25)/t15-,21-/m1/s1. The lowest BCUT2D eigenvalue weighted by molar-refractivity contribution is -0.133. The van der Waals surface area contributed by atoms with Gasteiger partial charge in [0.1, 0.15) is 12.1 Å². The van der Waals surface area contributed by atoms with Gasteiger partial charge in [-0.15, -0.1) is 0 Å². The molecule has 2 atom stereocenters. The lowest BCUT2D eigenvalue weighted by Crippen LogP contribution is -2.48. The van der Waals surface area contributed by atoms with Gasteiger partial charge in [0, 0.05) is 0 Å². The van der Waals surface area contributed by atoms with Crippen LogP contribution in [0.2, 0.25) is 0 Å². The maximum atomic E-state index is 13.3. The molecule has 0 radical (unpaired) electrons. The van der Waals surface area contributed by atoms with E-state index in [-0.39, 0.29) is 24.6 Å². The Kier molecular flexibility index (Phi) is 3.60. The van der Waals surface area contributed by atoms with Gasteiger partial charge < -0.3 is 14.8 Å². The Bertz CT molecular complexity index is 928. The van der Waals surface area contributed by atoms with Crippen LogP contribution in [0, 0.1) is 0 Å². The summed E-state index contributed by atoms with van der Waals surface area (Å²) in [5.74, 6) is 1.13. The van der Waals surface area contributed by atoms with E-state index in [1.807, 2.05) is 48.5 Å². The fourth-order valence-electron chi connectivity index (χ4n) is 4.33. The van der Waals surface area contributed by atoms with Crippen LogP contribution >= 0.6 is 0 Å². The summed E-state index contributed by atoms with van der Waals surface area (Å²) in [4.78, 5) is 27.3. The lowest BCUT2D eigenvalue weighted by atomic mass is 9.76. The van der Waals surface area contributed by atoms with Crippen LogP contribution in [0.15, 0.2) is 48.5 Å². The van der Waals surface area contributed by atoms with Crippen LogP contribution in [0.25, 0.3) is 0 Å². The van der Waals surface area contributed by atoms with Crippen molar-refractivity contribution in [3.05, 3.63) is 59.7 Å². The van der Waals surface area contributed by atoms with Crippen LogP contribution < -0.4 is 14.8 Å². The van der Waals surface area contributed by atoms with E-state index < -0.39 is 5.54 Å². The molecule has 0 bridgehead atoms. The minimum absolute atomic E-state index is 0.170. The summed E-state index contributed by atoms with van der Waals surface area (Å²) in [5.41, 5.74) is 1.10. The summed E-state index contributed by atoms with van der Waals surface area (Å²) in [5, 5.41) is 2.98. The number of hydrogen-bond acceptors (Lipinski definition) is 4. The molecule has 0 unspecified atom stereocenters. The van der Waals surface area contributed by atoms with E-state index in [0.717, 1.165) is 24.0 Å². The second kappa shape index (κ2) is 6.01. The number of nitrogens with zero attached hydrogens (tertiary/aromatic N) is 1. The highest BCUT2D eigenvalue weighted by Crippen LogP contribution is 2.40. The second-order valence-corrected chi connectivity index (χ2v) is 7.26. The topological polar surface area (TPSA) is 67.9 Å². The van der Waals surface area contributed by atoms with E-state index >= 15 is 0 Å². The molecule has 27 heavy (non-hydrogen) atoms. The third-order valence-corrected chi connectivity index (χ3v) is 5.60. The van der Waals surface area contributed by atoms with Crippen LogP contribution in [0.5, 0.6) is 11.5 Å². The first-order valence-corrected chi connectivity index (χ1v) is 9.28. The fourth-order valence-corrected chi connectivity index (χ4v) is 4.33. The number of carbonyl (C=O) groups excluding carboxylic acids is 2. The maximum absolute atomic E-state index is 13.3. The van der Waals surface area contributed by atoms with Gasteiger partial charge in [0.05, 0.1) is 6.54 Å². The summed E-state index contributed by atoms with van der Waals surface area (Å²) >= 11 is 0. The maximum Gasteiger partial charge on any atom is 0.325 e. The molecule has 1 spiro atoms. The predicted octanol–water partition coefficient (Wildman–Crippen LogP) is 2.61. The molecule has 2 aliphatic heterocycles. The van der Waals surface area contributed by atoms with Gasteiger partial charge in [0.15, 0.2) is 17.6 Å². The van der Waals surface area contributed by atoms with Crippen LogP contribution in [0.3, 0.4) is 0 Å². The normalized spacial score (nSPS) is 26.1. The van der Waals surface area contributed by atoms with Crippen LogP contribution in [0.1, 0.15) is 24.0 Å². The van der Waals surface area contributed by atoms with Crippen LogP contribution in [-0.4, -0.2) is 36.1 Å². The average molecular weight is 364 g/mol. The van der Waals surface area contributed by atoms with Gasteiger partial charge in [0.25, 0.3) is 5.91 Å². The lowest BCUT2D eigenvalue weighted by Gasteiger charge is -2.33. The van der Waals surface area contributed by atoms with Crippen molar-refractivity contribution < 1.29 is 19.1 Å². The molecule has 3 aliphatic rings. The van der Waals surface area contributed by atoms with Crippen molar-refractivity contribution >= 4 is 11.9 Å². The summed E-state index contributed by atoms with van der Waals surface area (Å²) < 4.78 is 11.7. The predicted molar refractivity (Wildman–Crippen MR) is 97.7 cm³/mol. The summed E-state index contributed by atoms with van der Waals surface area (Å²) in [6.45, 7) is 0.473. The zero-order valence-corrected chi connectivity index (χ0v) is 14.8. The molecule has 1 saturated heterocycles. The Labute approximate surface area is 157 Å². The molecule has 1 fully saturated rings. The largest absolute Gasteiger partial charge is 0.486 e. The molecule has 0 saturated carbocycles. The molecular weight excluding hydrogens is 344 g/mol. The first kappa shape index (κ1) is 16.2. The molecule has 1 N–H and O–H groups in total. The van der Waals surface area contributed by atoms with Crippen molar-refractivity contribution in [1.29, 1.82) is 0 Å². The number of rotatable bonds is 2. The van der Waals surface area contributed by atoms with Gasteiger partial charge in [0.2, 0.25) is 0 Å². The molecular formula is C21H20N2O4. The van der Waals surface area contributed by atoms with E-state index in [4.69, 9.17) is 9.47 Å². The molecule has 138 valence electrons. The van der Waals surface area contributed by atoms with Gasteiger partial charge in [-0.05, 0) is 42.5 Å². The smallest absolute Gasteiger partial charge is 0.325 e. The number of imide groups is 1. The minimum Gasteiger partial charge on any atom is -0.486 e. The highest BCUT2D eigenvalue weighted by Gasteiger charge is 2.54. The number of fused-ring (bicyclic) bond motifs is 3. The van der Waals surface area contributed by atoms with Crippen LogP contribution in [-0.2, 0) is 16.8 Å². The first-order chi connectivity index (χ1) is 13.2. The van der Waals surface area contributed by atoms with Crippen molar-refractivity contribution in [2.75, 3.05) is 13.2 Å². The molecule has 2 heterocycles. The minimum atomic E-state index is -0.945. The first-order valence-electron chi connectivity index (χ1n) is 9.28. The van der Waals surface area contributed by atoms with E-state index in [2.05, 4.69) is 5.32 Å². The average Bonchev–Trinajstić information content (AvgIpc) is 2.93. The Morgan fingerprint density at radius 2 is 1.85 bits per heavy atom. The molecule has 3 amide bonds. The van der Waals surface area contributed by atoms with Gasteiger partial charge >= 0.3 is 6.03 Å². The fraction of sp³-hybridized carbons (Fsp3) is 0.333. The van der Waals surface area contributed by atoms with Crippen LogP contribution in [0.4, 0.5) is 4.79 Å². The molecule has 1 aliphatic carbocycles. The number of para-hydroxylation sites is 2. The van der Waals surface area contributed by atoms with Gasteiger partial charge in [-0.25, -0.2) is 4.79 Å². The van der Waals surface area contributed by atoms with E-state index in [0.29, 0.717) is 24.5 Å². The Balaban J connectivity index is 1.40. The number of hydrogen-bond donors (Lipinski definition) is 1. The molecule has 6 nitrogen and oxygen atoms in total. The van der Waals surface area contributed by atoms with Crippen molar-refractivity contribution in [1.82, 2.24) is 10.2 Å². The Morgan fingerprint density at radius 1 is 1.07 bits per heavy atom. The summed E-state index contributed by atoms with van der Waals surface area (Å²) in [7, 11) is 0. The highest BCUT2D eigenvalue weighted by atomic mass is 16.6. The molecule has 0 aromatic heterocycles. The van der Waals surface area contributed by atoms with E-state index in [1.165, 1.54) is 4.90 Å². The van der Waals surface area contributed by atoms with E-state index in [9.17, 15) is 9.59 Å². The summed E-state index contributed by atoms with van der Waals surface area (Å²) in [6.07, 6.45) is 2.03. The number of nitrogens with one attached hydrogen (secondary N) is 1. The monoisotopic (exact) mass is 364 g/mol. The van der Waals surface area contributed by atoms with Gasteiger partial charge in [-0.3, -0.25) is 9.69 Å². The molecule has 6 heteroatoms. The zero-order valence-electron chi connectivity index (χ0n) is 14.8. The van der Waals surface area contributed by atoms with Crippen molar-refractivity contribution in [2.45, 2.75) is 30.9 Å². The third-order valence-electron chi connectivity index (χ3n) is 5.60. The van der Waals surface area contributed by atoms with Crippen molar-refractivity contribution in [3.8, 4) is 11.5 Å². The number of amides is 3. The number of aryl methyl sites for hydroxylation is 1. The van der Waals surface area contributed by atoms with Gasteiger partial charge in [-0.2, -0.15) is 0 Å². The second-order valence-electron chi connectivity index (χ2n) is 7.26. The number of urea groups is 1. The number of benzene rings is 2. The number of carbonyl (C=O) groups is 2. The number of ether oxygens (including phenoxy) is 2.